The van der Waals surface area contributed by atoms with E-state index in [1.165, 1.54) is 0 Å². The van der Waals surface area contributed by atoms with E-state index >= 15 is 0 Å². The Morgan fingerprint density at radius 1 is 0.941 bits per heavy atom. The average molecular weight is 499 g/mol. The molecule has 1 heterocycles. The van der Waals surface area contributed by atoms with Crippen molar-refractivity contribution in [2.45, 2.75) is 99.3 Å². The van der Waals surface area contributed by atoms with Gasteiger partial charge in [-0.15, -0.1) is 36.5 Å². The maximum atomic E-state index is 12.3. The first-order valence-electron chi connectivity index (χ1n) is 11.1. The van der Waals surface area contributed by atoms with Crippen molar-refractivity contribution in [2.24, 2.45) is 0 Å². The second-order valence-electron chi connectivity index (χ2n) is 9.87. The third-order valence-electron chi connectivity index (χ3n) is 7.16. The SMILES string of the molecule is O=C(CO[C@@H]1CC[C@H](OC(F)(F)F)C1)NC12CC(c3nnc(C4CC(OC(F)(F)F)C4)o3)(C1)C2. The Bertz CT molecular complexity index is 909. The molecule has 5 fully saturated rings. The summed E-state index contributed by atoms with van der Waals surface area (Å²) in [6.45, 7) is -0.244. The van der Waals surface area contributed by atoms with Crippen LogP contribution in [-0.4, -0.2) is 59.3 Å². The minimum absolute atomic E-state index is 0.0879. The Kier molecular flexibility index (Phi) is 5.63. The monoisotopic (exact) mass is 499 g/mol. The first kappa shape index (κ1) is 23.8. The lowest BCUT2D eigenvalue weighted by atomic mass is 9.39. The molecule has 34 heavy (non-hydrogen) atoms. The smallest absolute Gasteiger partial charge is 0.424 e. The molecule has 0 aliphatic heterocycles. The van der Waals surface area contributed by atoms with Crippen LogP contribution in [0.15, 0.2) is 4.42 Å². The summed E-state index contributed by atoms with van der Waals surface area (Å²) in [5, 5.41) is 11.0. The fraction of sp³-hybridized carbons (Fsp3) is 0.850. The number of carbonyl (C=O) groups excluding carboxylic acids is 1. The zero-order valence-electron chi connectivity index (χ0n) is 17.9. The van der Waals surface area contributed by atoms with Gasteiger partial charge in [0.2, 0.25) is 17.7 Å². The van der Waals surface area contributed by atoms with Crippen LogP contribution in [-0.2, 0) is 24.4 Å². The quantitative estimate of drug-likeness (QED) is 0.546. The van der Waals surface area contributed by atoms with Crippen LogP contribution in [0.2, 0.25) is 0 Å². The van der Waals surface area contributed by atoms with Crippen molar-refractivity contribution in [1.82, 2.24) is 15.5 Å². The molecule has 0 radical (unpaired) electrons. The third kappa shape index (κ3) is 4.89. The summed E-state index contributed by atoms with van der Waals surface area (Å²) in [5.74, 6) is 0.127. The van der Waals surface area contributed by atoms with Crippen molar-refractivity contribution in [2.75, 3.05) is 6.61 Å². The first-order chi connectivity index (χ1) is 15.8. The lowest BCUT2D eigenvalue weighted by Gasteiger charge is -2.68. The zero-order chi connectivity index (χ0) is 24.4. The van der Waals surface area contributed by atoms with Gasteiger partial charge in [-0.2, -0.15) is 0 Å². The topological polar surface area (TPSA) is 95.7 Å². The highest BCUT2D eigenvalue weighted by molar-refractivity contribution is 5.79. The number of aromatic nitrogens is 2. The molecule has 0 unspecified atom stereocenters. The Hall–Kier alpha value is -1.93. The molecule has 1 aromatic rings. The lowest BCUT2D eigenvalue weighted by molar-refractivity contribution is -0.352. The number of nitrogens with one attached hydrogen (secondary N) is 1. The summed E-state index contributed by atoms with van der Waals surface area (Å²) in [6.07, 6.45) is -8.81. The van der Waals surface area contributed by atoms with Crippen molar-refractivity contribution in [3.8, 4) is 0 Å². The lowest BCUT2D eigenvalue weighted by Crippen LogP contribution is -2.77. The predicted octanol–water partition coefficient (Wildman–Crippen LogP) is 3.62. The Balaban J connectivity index is 1.02. The van der Waals surface area contributed by atoms with Gasteiger partial charge in [-0.3, -0.25) is 14.3 Å². The summed E-state index contributed by atoms with van der Waals surface area (Å²) < 4.78 is 92.8. The van der Waals surface area contributed by atoms with Crippen molar-refractivity contribution < 1.29 is 49.8 Å². The van der Waals surface area contributed by atoms with Gasteiger partial charge in [-0.25, -0.2) is 0 Å². The molecule has 0 saturated heterocycles. The van der Waals surface area contributed by atoms with E-state index in [2.05, 4.69) is 25.0 Å². The van der Waals surface area contributed by atoms with Gasteiger partial charge in [0.1, 0.15) is 6.61 Å². The highest BCUT2D eigenvalue weighted by atomic mass is 19.4. The highest BCUT2D eigenvalue weighted by Crippen LogP contribution is 2.67. The van der Waals surface area contributed by atoms with Crippen molar-refractivity contribution >= 4 is 5.91 Å². The van der Waals surface area contributed by atoms with Gasteiger partial charge in [-0.1, -0.05) is 0 Å². The molecule has 6 rings (SSSR count). The normalized spacial score (nSPS) is 37.0. The van der Waals surface area contributed by atoms with E-state index < -0.39 is 36.6 Å². The fourth-order valence-electron chi connectivity index (χ4n) is 5.69. The van der Waals surface area contributed by atoms with Gasteiger partial charge < -0.3 is 14.5 Å². The molecule has 0 spiro atoms. The van der Waals surface area contributed by atoms with Crippen LogP contribution in [0.5, 0.6) is 0 Å². The Labute approximate surface area is 189 Å². The van der Waals surface area contributed by atoms with Crippen LogP contribution >= 0.6 is 0 Å². The standard InChI is InChI=1S/C20H23F6N3O5/c21-19(22,23)33-12-2-1-11(5-12)31-6-14(30)27-18-7-17(8-18,9-18)16-29-28-15(32-16)10-3-13(4-10)34-20(24,25)26/h10-13H,1-9H2,(H,27,30)/t10?,11-,12+,13?,17?,18?/m1/s1. The number of ether oxygens (including phenoxy) is 3. The summed E-state index contributed by atoms with van der Waals surface area (Å²) >= 11 is 0. The Morgan fingerprint density at radius 3 is 2.21 bits per heavy atom. The van der Waals surface area contributed by atoms with Gasteiger partial charge in [0.05, 0.1) is 23.7 Å². The molecule has 1 amide bonds. The third-order valence-corrected chi connectivity index (χ3v) is 7.16. The highest BCUT2D eigenvalue weighted by Gasteiger charge is 2.72. The van der Waals surface area contributed by atoms with Gasteiger partial charge in [0.15, 0.2) is 0 Å². The molecule has 0 aromatic carbocycles. The summed E-state index contributed by atoms with van der Waals surface area (Å²) in [6, 6.07) is 0. The van der Waals surface area contributed by atoms with Gasteiger partial charge in [0, 0.05) is 17.9 Å². The van der Waals surface area contributed by atoms with Gasteiger partial charge in [0.25, 0.3) is 0 Å². The number of alkyl halides is 6. The summed E-state index contributed by atoms with van der Waals surface area (Å²) in [5.41, 5.74) is -0.729. The Morgan fingerprint density at radius 2 is 1.56 bits per heavy atom. The molecule has 1 N–H and O–H groups in total. The van der Waals surface area contributed by atoms with Crippen molar-refractivity contribution in [1.29, 1.82) is 0 Å². The molecular weight excluding hydrogens is 476 g/mol. The number of carbonyl (C=O) groups is 1. The number of nitrogens with zero attached hydrogens (tertiary/aromatic N) is 2. The second kappa shape index (κ2) is 8.05. The van der Waals surface area contributed by atoms with E-state index in [0.29, 0.717) is 37.5 Å². The van der Waals surface area contributed by atoms with Crippen molar-refractivity contribution in [3.05, 3.63) is 11.8 Å². The average Bonchev–Trinajstić information content (AvgIpc) is 3.25. The van der Waals surface area contributed by atoms with E-state index in [1.807, 2.05) is 0 Å². The molecule has 2 atom stereocenters. The van der Waals surface area contributed by atoms with E-state index in [4.69, 9.17) is 9.15 Å². The number of rotatable bonds is 8. The summed E-state index contributed by atoms with van der Waals surface area (Å²) in [7, 11) is 0. The van der Waals surface area contributed by atoms with E-state index in [-0.39, 0.29) is 49.5 Å². The van der Waals surface area contributed by atoms with Gasteiger partial charge >= 0.3 is 12.7 Å². The van der Waals surface area contributed by atoms with Crippen LogP contribution in [0.4, 0.5) is 26.3 Å². The second-order valence-corrected chi connectivity index (χ2v) is 9.87. The van der Waals surface area contributed by atoms with Gasteiger partial charge in [-0.05, 0) is 44.9 Å². The van der Waals surface area contributed by atoms with Crippen LogP contribution < -0.4 is 5.32 Å². The largest absolute Gasteiger partial charge is 0.522 e. The number of hydrogen-bond donors (Lipinski definition) is 1. The molecule has 5 saturated carbocycles. The molecule has 14 heteroatoms. The molecular formula is C20H23F6N3O5. The predicted molar refractivity (Wildman–Crippen MR) is 98.1 cm³/mol. The molecule has 2 bridgehead atoms. The maximum Gasteiger partial charge on any atom is 0.522 e. The minimum Gasteiger partial charge on any atom is -0.424 e. The maximum absolute atomic E-state index is 12.3. The van der Waals surface area contributed by atoms with Crippen LogP contribution in [0.1, 0.15) is 69.1 Å². The first-order valence-corrected chi connectivity index (χ1v) is 11.1. The molecule has 5 aliphatic rings. The fourth-order valence-corrected chi connectivity index (χ4v) is 5.69. The molecule has 8 nitrogen and oxygen atoms in total. The van der Waals surface area contributed by atoms with Crippen molar-refractivity contribution in [3.63, 3.8) is 0 Å². The van der Waals surface area contributed by atoms with Crippen LogP contribution in [0.3, 0.4) is 0 Å². The summed E-state index contributed by atoms with van der Waals surface area (Å²) in [4.78, 5) is 12.3. The van der Waals surface area contributed by atoms with E-state index in [1.54, 1.807) is 0 Å². The zero-order valence-corrected chi connectivity index (χ0v) is 17.9. The van der Waals surface area contributed by atoms with E-state index in [0.717, 1.165) is 0 Å². The number of hydrogen-bond acceptors (Lipinski definition) is 7. The number of halogens is 6. The van der Waals surface area contributed by atoms with Crippen LogP contribution in [0.25, 0.3) is 0 Å². The molecule has 5 aliphatic carbocycles. The molecule has 190 valence electrons. The minimum atomic E-state index is -4.68. The molecule has 1 aromatic heterocycles. The van der Waals surface area contributed by atoms with Crippen LogP contribution in [0, 0.1) is 0 Å². The van der Waals surface area contributed by atoms with E-state index in [9.17, 15) is 31.1 Å². The number of amides is 1.